The van der Waals surface area contributed by atoms with Gasteiger partial charge in [-0.3, -0.25) is 5.32 Å². The van der Waals surface area contributed by atoms with E-state index < -0.39 is 5.54 Å². The van der Waals surface area contributed by atoms with Crippen molar-refractivity contribution in [2.24, 2.45) is 0 Å². The average Bonchev–Trinajstić information content (AvgIpc) is 2.87. The lowest BCUT2D eigenvalue weighted by atomic mass is 9.88. The highest BCUT2D eigenvalue weighted by Gasteiger charge is 2.32. The van der Waals surface area contributed by atoms with Crippen LogP contribution in [0.15, 0.2) is 30.3 Å². The summed E-state index contributed by atoms with van der Waals surface area (Å²) in [4.78, 5) is 2.49. The Morgan fingerprint density at radius 3 is 2.68 bits per heavy atom. The van der Waals surface area contributed by atoms with Crippen molar-refractivity contribution >= 4 is 0 Å². The first-order valence-electron chi connectivity index (χ1n) is 7.11. The van der Waals surface area contributed by atoms with Gasteiger partial charge in [-0.1, -0.05) is 30.3 Å². The fraction of sp³-hybridized carbons (Fsp3) is 0.562. The summed E-state index contributed by atoms with van der Waals surface area (Å²) in [5, 5.41) is 12.9. The number of nitrogens with zero attached hydrogens (tertiary/aromatic N) is 2. The van der Waals surface area contributed by atoms with Gasteiger partial charge in [0.15, 0.2) is 0 Å². The van der Waals surface area contributed by atoms with Gasteiger partial charge in [0.25, 0.3) is 0 Å². The second-order valence-corrected chi connectivity index (χ2v) is 5.41. The molecule has 3 nitrogen and oxygen atoms in total. The van der Waals surface area contributed by atoms with Crippen LogP contribution in [0.1, 0.15) is 31.7 Å². The lowest BCUT2D eigenvalue weighted by Crippen LogP contribution is -2.42. The van der Waals surface area contributed by atoms with Gasteiger partial charge >= 0.3 is 0 Å². The minimum Gasteiger partial charge on any atom is -0.301 e. The molecule has 0 bridgehead atoms. The molecule has 1 heterocycles. The topological polar surface area (TPSA) is 39.1 Å². The van der Waals surface area contributed by atoms with Crippen LogP contribution in [0.2, 0.25) is 0 Å². The number of nitriles is 1. The number of hydrogen-bond donors (Lipinski definition) is 1. The standard InChI is InChI=1S/C16H23N3/c1-14-7-6-11-19(14)12-10-16(13-17,18-2)15-8-4-3-5-9-15/h3-5,8-9,14,18H,6-7,10-12H2,1-2H3. The van der Waals surface area contributed by atoms with Crippen molar-refractivity contribution in [3.8, 4) is 6.07 Å². The highest BCUT2D eigenvalue weighted by atomic mass is 15.2. The third-order valence-electron chi connectivity index (χ3n) is 4.35. The van der Waals surface area contributed by atoms with Gasteiger partial charge < -0.3 is 4.90 Å². The zero-order chi connectivity index (χ0) is 13.7. The molecule has 2 rings (SSSR count). The Labute approximate surface area is 116 Å². The molecule has 19 heavy (non-hydrogen) atoms. The van der Waals surface area contributed by atoms with E-state index in [-0.39, 0.29) is 0 Å². The van der Waals surface area contributed by atoms with Crippen molar-refractivity contribution in [3.05, 3.63) is 35.9 Å². The minimum atomic E-state index is -0.566. The van der Waals surface area contributed by atoms with Crippen LogP contribution in [-0.4, -0.2) is 31.1 Å². The molecule has 102 valence electrons. The summed E-state index contributed by atoms with van der Waals surface area (Å²) >= 11 is 0. The molecule has 1 saturated heterocycles. The fourth-order valence-corrected chi connectivity index (χ4v) is 2.95. The van der Waals surface area contributed by atoms with Crippen LogP contribution in [0.3, 0.4) is 0 Å². The molecule has 0 saturated carbocycles. The minimum absolute atomic E-state index is 0.566. The Morgan fingerprint density at radius 2 is 2.16 bits per heavy atom. The molecule has 1 aromatic rings. The fourth-order valence-electron chi connectivity index (χ4n) is 2.95. The predicted octanol–water partition coefficient (Wildman–Crippen LogP) is 2.50. The Balaban J connectivity index is 2.10. The van der Waals surface area contributed by atoms with Crippen LogP contribution in [0, 0.1) is 11.3 Å². The molecule has 0 aromatic heterocycles. The number of hydrogen-bond acceptors (Lipinski definition) is 3. The van der Waals surface area contributed by atoms with E-state index in [1.165, 1.54) is 19.4 Å². The maximum Gasteiger partial charge on any atom is 0.133 e. The van der Waals surface area contributed by atoms with Gasteiger partial charge in [0.2, 0.25) is 0 Å². The Hall–Kier alpha value is -1.37. The maximum absolute atomic E-state index is 9.64. The molecular weight excluding hydrogens is 234 g/mol. The molecule has 1 fully saturated rings. The van der Waals surface area contributed by atoms with Crippen molar-refractivity contribution in [1.29, 1.82) is 5.26 Å². The Morgan fingerprint density at radius 1 is 1.42 bits per heavy atom. The summed E-state index contributed by atoms with van der Waals surface area (Å²) in [6, 6.07) is 13.2. The molecule has 2 unspecified atom stereocenters. The maximum atomic E-state index is 9.64. The molecule has 0 aliphatic carbocycles. The smallest absolute Gasteiger partial charge is 0.133 e. The summed E-state index contributed by atoms with van der Waals surface area (Å²) in [7, 11) is 1.88. The molecule has 0 radical (unpaired) electrons. The molecule has 1 aliphatic rings. The summed E-state index contributed by atoms with van der Waals surface area (Å²) < 4.78 is 0. The first kappa shape index (κ1) is 14.0. The van der Waals surface area contributed by atoms with Gasteiger partial charge in [-0.05, 0) is 45.3 Å². The van der Waals surface area contributed by atoms with E-state index in [2.05, 4.69) is 23.2 Å². The van der Waals surface area contributed by atoms with Gasteiger partial charge in [0.1, 0.15) is 5.54 Å². The van der Waals surface area contributed by atoms with Crippen molar-refractivity contribution in [3.63, 3.8) is 0 Å². The van der Waals surface area contributed by atoms with E-state index in [0.29, 0.717) is 6.04 Å². The largest absolute Gasteiger partial charge is 0.301 e. The highest BCUT2D eigenvalue weighted by Crippen LogP contribution is 2.26. The third-order valence-corrected chi connectivity index (χ3v) is 4.35. The van der Waals surface area contributed by atoms with Crippen molar-refractivity contribution in [2.75, 3.05) is 20.1 Å². The summed E-state index contributed by atoms with van der Waals surface area (Å²) in [6.45, 7) is 4.43. The van der Waals surface area contributed by atoms with Gasteiger partial charge in [-0.2, -0.15) is 5.26 Å². The Kier molecular flexibility index (Phi) is 4.57. The third kappa shape index (κ3) is 2.97. The van der Waals surface area contributed by atoms with Crippen LogP contribution in [0.4, 0.5) is 0 Å². The zero-order valence-electron chi connectivity index (χ0n) is 11.9. The van der Waals surface area contributed by atoms with E-state index in [4.69, 9.17) is 0 Å². The van der Waals surface area contributed by atoms with Crippen LogP contribution >= 0.6 is 0 Å². The monoisotopic (exact) mass is 257 g/mol. The summed E-state index contributed by atoms with van der Waals surface area (Å²) in [5.74, 6) is 0. The van der Waals surface area contributed by atoms with E-state index in [1.807, 2.05) is 37.4 Å². The van der Waals surface area contributed by atoms with Crippen LogP contribution in [0.25, 0.3) is 0 Å². The van der Waals surface area contributed by atoms with E-state index in [0.717, 1.165) is 18.5 Å². The molecular formula is C16H23N3. The van der Waals surface area contributed by atoms with Gasteiger partial charge in [0, 0.05) is 12.6 Å². The molecule has 1 aromatic carbocycles. The SMILES string of the molecule is CNC(C#N)(CCN1CCCC1C)c1ccccc1. The summed E-state index contributed by atoms with van der Waals surface area (Å²) in [6.07, 6.45) is 3.39. The van der Waals surface area contributed by atoms with E-state index >= 15 is 0 Å². The van der Waals surface area contributed by atoms with E-state index in [1.54, 1.807) is 0 Å². The zero-order valence-corrected chi connectivity index (χ0v) is 11.9. The number of rotatable bonds is 5. The predicted molar refractivity (Wildman–Crippen MR) is 77.7 cm³/mol. The molecule has 0 spiro atoms. The lowest BCUT2D eigenvalue weighted by Gasteiger charge is -2.30. The molecule has 1 aliphatic heterocycles. The molecule has 2 atom stereocenters. The van der Waals surface area contributed by atoms with Crippen LogP contribution in [0.5, 0.6) is 0 Å². The second-order valence-electron chi connectivity index (χ2n) is 5.41. The molecule has 3 heteroatoms. The summed E-state index contributed by atoms with van der Waals surface area (Å²) in [5.41, 5.74) is 0.496. The van der Waals surface area contributed by atoms with Crippen molar-refractivity contribution in [1.82, 2.24) is 10.2 Å². The Bertz CT molecular complexity index is 437. The second kappa shape index (κ2) is 6.18. The highest BCUT2D eigenvalue weighted by molar-refractivity contribution is 5.31. The van der Waals surface area contributed by atoms with Gasteiger partial charge in [-0.15, -0.1) is 0 Å². The molecule has 0 amide bonds. The quantitative estimate of drug-likeness (QED) is 0.881. The van der Waals surface area contributed by atoms with Crippen molar-refractivity contribution in [2.45, 2.75) is 37.8 Å². The van der Waals surface area contributed by atoms with Gasteiger partial charge in [-0.25, -0.2) is 0 Å². The van der Waals surface area contributed by atoms with Crippen LogP contribution < -0.4 is 5.32 Å². The first-order valence-corrected chi connectivity index (χ1v) is 7.11. The lowest BCUT2D eigenvalue weighted by molar-refractivity contribution is 0.238. The van der Waals surface area contributed by atoms with Crippen molar-refractivity contribution < 1.29 is 0 Å². The number of likely N-dealkylation sites (tertiary alicyclic amines) is 1. The molecule has 1 N–H and O–H groups in total. The average molecular weight is 257 g/mol. The number of benzene rings is 1. The normalized spacial score (nSPS) is 22.9. The van der Waals surface area contributed by atoms with Gasteiger partial charge in [0.05, 0.1) is 6.07 Å². The number of nitrogens with one attached hydrogen (secondary N) is 1. The van der Waals surface area contributed by atoms with E-state index in [9.17, 15) is 5.26 Å². The van der Waals surface area contributed by atoms with Crippen LogP contribution in [-0.2, 0) is 5.54 Å². The first-order chi connectivity index (χ1) is 9.22.